The molecule has 2 aliphatic rings. The maximum absolute atomic E-state index is 6.16. The molecule has 3 heterocycles. The van der Waals surface area contributed by atoms with E-state index in [0.717, 1.165) is 13.0 Å². The third-order valence-corrected chi connectivity index (χ3v) is 6.47. The van der Waals surface area contributed by atoms with Gasteiger partial charge in [0.15, 0.2) is 0 Å². The number of hydrogen-bond donors (Lipinski definition) is 1. The van der Waals surface area contributed by atoms with E-state index < -0.39 is 0 Å². The van der Waals surface area contributed by atoms with Gasteiger partial charge in [0.25, 0.3) is 0 Å². The largest absolute Gasteiger partial charge is 0.375 e. The first kappa shape index (κ1) is 14.8. The molecule has 0 amide bonds. The Morgan fingerprint density at radius 2 is 2.25 bits per heavy atom. The molecule has 2 saturated heterocycles. The molecular formula is C15H24N2OS2. The minimum absolute atomic E-state index is 0.166. The highest BCUT2D eigenvalue weighted by Crippen LogP contribution is 2.38. The molecule has 0 aliphatic carbocycles. The highest BCUT2D eigenvalue weighted by Gasteiger charge is 2.39. The van der Waals surface area contributed by atoms with Gasteiger partial charge in [-0.3, -0.25) is 0 Å². The van der Waals surface area contributed by atoms with Crippen LogP contribution in [0.25, 0.3) is 0 Å². The van der Waals surface area contributed by atoms with Crippen LogP contribution in [0.2, 0.25) is 0 Å². The van der Waals surface area contributed by atoms with Crippen molar-refractivity contribution < 1.29 is 4.74 Å². The van der Waals surface area contributed by atoms with Crippen LogP contribution in [0.3, 0.4) is 0 Å². The van der Waals surface area contributed by atoms with Crippen LogP contribution < -0.4 is 5.32 Å². The van der Waals surface area contributed by atoms with E-state index in [9.17, 15) is 0 Å². The number of thioether (sulfide) groups is 1. The maximum Gasteiger partial charge on any atom is 0.109 e. The lowest BCUT2D eigenvalue weighted by atomic mass is 9.85. The lowest BCUT2D eigenvalue weighted by Crippen LogP contribution is -2.49. The second kappa shape index (κ2) is 6.34. The van der Waals surface area contributed by atoms with E-state index in [1.165, 1.54) is 40.7 Å². The highest BCUT2D eigenvalue weighted by atomic mass is 32.2. The zero-order valence-electron chi connectivity index (χ0n) is 12.4. The average Bonchev–Trinajstić information content (AvgIpc) is 2.86. The molecule has 2 aliphatic heterocycles. The van der Waals surface area contributed by atoms with Gasteiger partial charge in [-0.1, -0.05) is 0 Å². The minimum atomic E-state index is 0.166. The summed E-state index contributed by atoms with van der Waals surface area (Å²) in [5.41, 5.74) is 0.166. The Labute approximate surface area is 129 Å². The monoisotopic (exact) mass is 312 g/mol. The summed E-state index contributed by atoms with van der Waals surface area (Å²) in [4.78, 5) is 5.80. The first-order valence-corrected chi connectivity index (χ1v) is 9.54. The van der Waals surface area contributed by atoms with Crippen molar-refractivity contribution >= 4 is 23.1 Å². The predicted molar refractivity (Wildman–Crippen MR) is 86.7 cm³/mol. The van der Waals surface area contributed by atoms with Crippen molar-refractivity contribution in [1.82, 2.24) is 10.3 Å². The average molecular weight is 313 g/mol. The molecule has 0 saturated carbocycles. The molecule has 2 fully saturated rings. The summed E-state index contributed by atoms with van der Waals surface area (Å²) in [6.45, 7) is 5.26. The molecule has 1 N–H and O–H groups in total. The summed E-state index contributed by atoms with van der Waals surface area (Å²) in [5, 5.41) is 4.99. The van der Waals surface area contributed by atoms with E-state index >= 15 is 0 Å². The number of aryl methyl sites for hydroxylation is 1. The summed E-state index contributed by atoms with van der Waals surface area (Å²) in [5.74, 6) is 2.52. The number of thiazole rings is 1. The smallest absolute Gasteiger partial charge is 0.109 e. The zero-order chi connectivity index (χ0) is 14.0. The van der Waals surface area contributed by atoms with Crippen molar-refractivity contribution in [1.29, 1.82) is 0 Å². The van der Waals surface area contributed by atoms with Gasteiger partial charge in [0, 0.05) is 23.7 Å². The van der Waals surface area contributed by atoms with Crippen molar-refractivity contribution in [2.24, 2.45) is 0 Å². The van der Waals surface area contributed by atoms with Gasteiger partial charge in [-0.15, -0.1) is 11.3 Å². The zero-order valence-corrected chi connectivity index (χ0v) is 14.0. The summed E-state index contributed by atoms with van der Waals surface area (Å²) in [6, 6.07) is 0.929. The topological polar surface area (TPSA) is 34.2 Å². The van der Waals surface area contributed by atoms with Gasteiger partial charge in [0.1, 0.15) is 5.01 Å². The predicted octanol–water partition coefficient (Wildman–Crippen LogP) is 3.55. The van der Waals surface area contributed by atoms with E-state index in [-0.39, 0.29) is 5.60 Å². The molecule has 2 unspecified atom stereocenters. The lowest BCUT2D eigenvalue weighted by Gasteiger charge is -2.44. The molecule has 1 aromatic rings. The summed E-state index contributed by atoms with van der Waals surface area (Å²) >= 11 is 3.87. The van der Waals surface area contributed by atoms with E-state index in [4.69, 9.17) is 4.74 Å². The first-order chi connectivity index (χ1) is 9.67. The molecule has 0 bridgehead atoms. The molecule has 5 heteroatoms. The number of rotatable bonds is 3. The fraction of sp³-hybridized carbons (Fsp3) is 0.800. The molecule has 112 valence electrons. The number of ether oxygens (including phenoxy) is 1. The lowest BCUT2D eigenvalue weighted by molar-refractivity contribution is -0.0940. The van der Waals surface area contributed by atoms with Gasteiger partial charge in [0.2, 0.25) is 0 Å². The van der Waals surface area contributed by atoms with Crippen LogP contribution in [-0.2, 0) is 4.74 Å². The highest BCUT2D eigenvalue weighted by molar-refractivity contribution is 7.99. The third kappa shape index (κ3) is 3.38. The van der Waals surface area contributed by atoms with E-state index in [0.29, 0.717) is 12.1 Å². The Kier molecular flexibility index (Phi) is 4.70. The molecule has 20 heavy (non-hydrogen) atoms. The van der Waals surface area contributed by atoms with Crippen LogP contribution in [0, 0.1) is 6.92 Å². The quantitative estimate of drug-likeness (QED) is 0.925. The standard InChI is InChI=1S/C15H24N2OS2/c1-11-10-16-14(20-11)12(2)17-13-3-6-18-15(9-13)4-7-19-8-5-15/h10,12-13,17H,3-9H2,1-2H3. The van der Waals surface area contributed by atoms with Gasteiger partial charge in [-0.25, -0.2) is 4.98 Å². The second-order valence-corrected chi connectivity index (χ2v) is 8.52. The third-order valence-electron chi connectivity index (χ3n) is 4.39. The molecule has 3 rings (SSSR count). The Bertz CT molecular complexity index is 437. The SMILES string of the molecule is Cc1cnc(C(C)NC2CCOC3(CCSCC3)C2)s1. The summed E-state index contributed by atoms with van der Waals surface area (Å²) < 4.78 is 6.16. The molecular weight excluding hydrogens is 288 g/mol. The fourth-order valence-electron chi connectivity index (χ4n) is 3.26. The maximum atomic E-state index is 6.16. The summed E-state index contributed by atoms with van der Waals surface area (Å²) in [7, 11) is 0. The molecule has 1 spiro atoms. The molecule has 1 aromatic heterocycles. The minimum Gasteiger partial charge on any atom is -0.375 e. The summed E-state index contributed by atoms with van der Waals surface area (Å²) in [6.07, 6.45) is 6.72. The molecule has 0 aromatic carbocycles. The number of nitrogens with zero attached hydrogens (tertiary/aromatic N) is 1. The van der Waals surface area contributed by atoms with Crippen molar-refractivity contribution in [2.45, 2.75) is 57.2 Å². The molecule has 2 atom stereocenters. The molecule has 0 radical (unpaired) electrons. The van der Waals surface area contributed by atoms with Crippen LogP contribution in [0.4, 0.5) is 0 Å². The Morgan fingerprint density at radius 3 is 2.95 bits per heavy atom. The van der Waals surface area contributed by atoms with Gasteiger partial charge >= 0.3 is 0 Å². The molecule has 3 nitrogen and oxygen atoms in total. The van der Waals surface area contributed by atoms with Gasteiger partial charge in [0.05, 0.1) is 11.6 Å². The van der Waals surface area contributed by atoms with Crippen LogP contribution in [0.15, 0.2) is 6.20 Å². The van der Waals surface area contributed by atoms with Crippen LogP contribution >= 0.6 is 23.1 Å². The van der Waals surface area contributed by atoms with Crippen molar-refractivity contribution in [3.8, 4) is 0 Å². The van der Waals surface area contributed by atoms with E-state index in [2.05, 4.69) is 35.9 Å². The van der Waals surface area contributed by atoms with Crippen molar-refractivity contribution in [3.63, 3.8) is 0 Å². The second-order valence-electron chi connectivity index (χ2n) is 6.03. The number of nitrogens with one attached hydrogen (secondary N) is 1. The normalized spacial score (nSPS) is 27.6. The van der Waals surface area contributed by atoms with E-state index in [1.807, 2.05) is 6.20 Å². The van der Waals surface area contributed by atoms with Crippen molar-refractivity contribution in [3.05, 3.63) is 16.1 Å². The fourth-order valence-corrected chi connectivity index (χ4v) is 5.28. The van der Waals surface area contributed by atoms with Gasteiger partial charge in [-0.2, -0.15) is 11.8 Å². The van der Waals surface area contributed by atoms with Crippen LogP contribution in [0.1, 0.15) is 48.5 Å². The van der Waals surface area contributed by atoms with E-state index in [1.54, 1.807) is 11.3 Å². The number of aromatic nitrogens is 1. The first-order valence-electron chi connectivity index (χ1n) is 7.57. The Hall–Kier alpha value is -0.100. The van der Waals surface area contributed by atoms with Crippen LogP contribution in [-0.4, -0.2) is 34.7 Å². The Balaban J connectivity index is 1.59. The van der Waals surface area contributed by atoms with Crippen LogP contribution in [0.5, 0.6) is 0 Å². The Morgan fingerprint density at radius 1 is 1.45 bits per heavy atom. The number of hydrogen-bond acceptors (Lipinski definition) is 5. The van der Waals surface area contributed by atoms with Gasteiger partial charge in [-0.05, 0) is 51.0 Å². The van der Waals surface area contributed by atoms with Gasteiger partial charge < -0.3 is 10.1 Å². The van der Waals surface area contributed by atoms with Crippen molar-refractivity contribution in [2.75, 3.05) is 18.1 Å².